The smallest absolute Gasteiger partial charge is 0.412 e. The molecule has 11 nitrogen and oxygen atoms in total. The second kappa shape index (κ2) is 7.85. The van der Waals surface area contributed by atoms with Crippen LogP contribution in [0.1, 0.15) is 0 Å². The number of ether oxygens (including phenoxy) is 3. The summed E-state index contributed by atoms with van der Waals surface area (Å²) in [6.07, 6.45) is 2.48. The summed E-state index contributed by atoms with van der Waals surface area (Å²) in [6, 6.07) is 9.27. The lowest BCUT2D eigenvalue weighted by molar-refractivity contribution is -0.0951. The number of carbonyl (C=O) groups is 1. The molecule has 3 N–H and O–H groups in total. The first-order chi connectivity index (χ1) is 15.5. The van der Waals surface area contributed by atoms with E-state index in [1.807, 2.05) is 37.5 Å². The third-order valence-electron chi connectivity index (χ3n) is 5.19. The third kappa shape index (κ3) is 3.48. The average Bonchev–Trinajstić information content (AvgIpc) is 3.35. The third-order valence-corrected chi connectivity index (χ3v) is 5.19. The molecule has 0 radical (unpaired) electrons. The Morgan fingerprint density at radius 3 is 2.81 bits per heavy atom. The molecule has 4 heterocycles. The monoisotopic (exact) mass is 435 g/mol. The van der Waals surface area contributed by atoms with Crippen molar-refractivity contribution in [3.63, 3.8) is 0 Å². The molecule has 32 heavy (non-hydrogen) atoms. The van der Waals surface area contributed by atoms with Gasteiger partial charge in [-0.15, -0.1) is 0 Å². The van der Waals surface area contributed by atoms with E-state index in [9.17, 15) is 4.79 Å². The fraction of sp³-hybridized carbons (Fsp3) is 0.238. The van der Waals surface area contributed by atoms with Crippen LogP contribution in [0.2, 0.25) is 0 Å². The van der Waals surface area contributed by atoms with Crippen LogP contribution < -0.4 is 15.8 Å². The molecule has 5 rings (SSSR count). The minimum atomic E-state index is -0.561. The number of hydrogen-bond acceptors (Lipinski definition) is 8. The van der Waals surface area contributed by atoms with E-state index in [1.54, 1.807) is 15.3 Å². The highest BCUT2D eigenvalue weighted by molar-refractivity contribution is 5.93. The van der Waals surface area contributed by atoms with E-state index in [4.69, 9.17) is 19.9 Å². The number of aromatic nitrogens is 5. The van der Waals surface area contributed by atoms with Gasteiger partial charge in [0.2, 0.25) is 0 Å². The second-order valence-electron chi connectivity index (χ2n) is 7.33. The lowest BCUT2D eigenvalue weighted by atomic mass is 10.1. The number of nitrogens with two attached hydrogens (primary N) is 1. The van der Waals surface area contributed by atoms with E-state index in [2.05, 4.69) is 20.5 Å². The molecule has 0 atom stereocenters. The minimum absolute atomic E-state index is 0.221. The first-order valence-electron chi connectivity index (χ1n) is 9.89. The van der Waals surface area contributed by atoms with Crippen LogP contribution in [-0.2, 0) is 16.5 Å². The van der Waals surface area contributed by atoms with Gasteiger partial charge < -0.3 is 19.9 Å². The van der Waals surface area contributed by atoms with Crippen molar-refractivity contribution in [2.45, 2.75) is 6.10 Å². The van der Waals surface area contributed by atoms with E-state index in [1.165, 1.54) is 13.4 Å². The standard InChI is InChI=1S/C21H21N7O4/c1-27-6-5-15(26-27)17-8-14(19-20(22)23-11-24-28(17)19)12-3-4-16(18(7-12)30-2)25-21(29)32-13-9-31-10-13/h3-8,11,13H,9-10H2,1-2H3,(H,25,29)(H2,22,23,24). The molecule has 0 spiro atoms. The van der Waals surface area contributed by atoms with Gasteiger partial charge in [0.25, 0.3) is 0 Å². The molecular formula is C21H21N7O4. The minimum Gasteiger partial charge on any atom is -0.495 e. The molecule has 1 saturated heterocycles. The number of hydrogen-bond donors (Lipinski definition) is 2. The summed E-state index contributed by atoms with van der Waals surface area (Å²) < 4.78 is 19.2. The number of methoxy groups -OCH3 is 1. The summed E-state index contributed by atoms with van der Waals surface area (Å²) in [5.74, 6) is 0.808. The highest BCUT2D eigenvalue weighted by Gasteiger charge is 2.24. The van der Waals surface area contributed by atoms with Crippen LogP contribution in [0.15, 0.2) is 42.9 Å². The van der Waals surface area contributed by atoms with E-state index in [0.717, 1.165) is 22.5 Å². The summed E-state index contributed by atoms with van der Waals surface area (Å²) in [7, 11) is 3.38. The fourth-order valence-corrected chi connectivity index (χ4v) is 3.56. The van der Waals surface area contributed by atoms with Gasteiger partial charge in [-0.2, -0.15) is 10.2 Å². The van der Waals surface area contributed by atoms with Crippen molar-refractivity contribution in [3.8, 4) is 28.3 Å². The first-order valence-corrected chi connectivity index (χ1v) is 9.89. The van der Waals surface area contributed by atoms with Crippen molar-refractivity contribution < 1.29 is 19.0 Å². The van der Waals surface area contributed by atoms with Crippen LogP contribution in [0.3, 0.4) is 0 Å². The molecule has 11 heteroatoms. The van der Waals surface area contributed by atoms with Gasteiger partial charge in [-0.3, -0.25) is 10.00 Å². The van der Waals surface area contributed by atoms with Gasteiger partial charge in [-0.05, 0) is 29.8 Å². The number of carbonyl (C=O) groups excluding carboxylic acids is 1. The lowest BCUT2D eigenvalue weighted by Crippen LogP contribution is -2.38. The molecule has 1 fully saturated rings. The molecule has 0 bridgehead atoms. The van der Waals surface area contributed by atoms with Gasteiger partial charge in [-0.25, -0.2) is 14.3 Å². The van der Waals surface area contributed by atoms with Crippen LogP contribution in [0.25, 0.3) is 28.0 Å². The summed E-state index contributed by atoms with van der Waals surface area (Å²) in [4.78, 5) is 16.3. The van der Waals surface area contributed by atoms with Crippen LogP contribution in [0, 0.1) is 0 Å². The van der Waals surface area contributed by atoms with Gasteiger partial charge in [0, 0.05) is 18.8 Å². The van der Waals surface area contributed by atoms with Crippen LogP contribution in [0.4, 0.5) is 16.3 Å². The molecule has 4 aromatic rings. The Morgan fingerprint density at radius 1 is 1.28 bits per heavy atom. The van der Waals surface area contributed by atoms with E-state index in [0.29, 0.717) is 36.0 Å². The summed E-state index contributed by atoms with van der Waals surface area (Å²) in [5, 5.41) is 11.6. The maximum absolute atomic E-state index is 12.1. The fourth-order valence-electron chi connectivity index (χ4n) is 3.56. The van der Waals surface area contributed by atoms with Crippen molar-refractivity contribution in [1.82, 2.24) is 24.4 Å². The van der Waals surface area contributed by atoms with Crippen LogP contribution in [-0.4, -0.2) is 56.9 Å². The Balaban J connectivity index is 1.54. The van der Waals surface area contributed by atoms with Gasteiger partial charge in [0.15, 0.2) is 11.9 Å². The van der Waals surface area contributed by atoms with Gasteiger partial charge in [0.1, 0.15) is 23.3 Å². The molecular weight excluding hydrogens is 414 g/mol. The molecule has 164 valence electrons. The van der Waals surface area contributed by atoms with Gasteiger partial charge >= 0.3 is 6.09 Å². The first kappa shape index (κ1) is 19.8. The largest absolute Gasteiger partial charge is 0.495 e. The van der Waals surface area contributed by atoms with E-state index < -0.39 is 6.09 Å². The Kier molecular flexibility index (Phi) is 4.86. The predicted octanol–water partition coefficient (Wildman–Crippen LogP) is 2.33. The highest BCUT2D eigenvalue weighted by atomic mass is 16.6. The maximum Gasteiger partial charge on any atom is 0.412 e. The van der Waals surface area contributed by atoms with Crippen molar-refractivity contribution in [2.24, 2.45) is 7.05 Å². The Hall–Kier alpha value is -4.12. The van der Waals surface area contributed by atoms with Crippen molar-refractivity contribution >= 4 is 23.1 Å². The van der Waals surface area contributed by atoms with Crippen molar-refractivity contribution in [2.75, 3.05) is 31.4 Å². The highest BCUT2D eigenvalue weighted by Crippen LogP contribution is 2.37. The number of aryl methyl sites for hydroxylation is 1. The second-order valence-corrected chi connectivity index (χ2v) is 7.33. The zero-order valence-electron chi connectivity index (χ0n) is 17.5. The average molecular weight is 435 g/mol. The molecule has 1 aromatic carbocycles. The number of rotatable bonds is 5. The molecule has 3 aromatic heterocycles. The molecule has 1 aliphatic rings. The number of nitrogens with one attached hydrogen (secondary N) is 1. The molecule has 0 aliphatic carbocycles. The van der Waals surface area contributed by atoms with Crippen molar-refractivity contribution in [3.05, 3.63) is 42.9 Å². The van der Waals surface area contributed by atoms with Crippen LogP contribution in [0.5, 0.6) is 5.75 Å². The zero-order chi connectivity index (χ0) is 22.2. The molecule has 0 saturated carbocycles. The quantitative estimate of drug-likeness (QED) is 0.488. The number of benzene rings is 1. The van der Waals surface area contributed by atoms with E-state index in [-0.39, 0.29) is 6.10 Å². The van der Waals surface area contributed by atoms with E-state index >= 15 is 0 Å². The number of nitrogens with zero attached hydrogens (tertiary/aromatic N) is 5. The van der Waals surface area contributed by atoms with Crippen LogP contribution >= 0.6 is 0 Å². The summed E-state index contributed by atoms with van der Waals surface area (Å²) >= 11 is 0. The summed E-state index contributed by atoms with van der Waals surface area (Å²) in [6.45, 7) is 0.820. The topological polar surface area (TPSA) is 131 Å². The normalized spacial score (nSPS) is 13.7. The van der Waals surface area contributed by atoms with Gasteiger partial charge in [0.05, 0.1) is 31.7 Å². The lowest BCUT2D eigenvalue weighted by Gasteiger charge is -2.25. The SMILES string of the molecule is COc1cc(-c2cc(-c3ccn(C)n3)n3ncnc(N)c23)ccc1NC(=O)OC1COC1. The number of fused-ring (bicyclic) bond motifs is 1. The molecule has 0 unspecified atom stereocenters. The zero-order valence-corrected chi connectivity index (χ0v) is 17.5. The summed E-state index contributed by atoms with van der Waals surface area (Å²) in [5.41, 5.74) is 10.5. The predicted molar refractivity (Wildman–Crippen MR) is 116 cm³/mol. The Labute approximate surface area is 182 Å². The van der Waals surface area contributed by atoms with Crippen molar-refractivity contribution in [1.29, 1.82) is 0 Å². The maximum atomic E-state index is 12.1. The molecule has 1 amide bonds. The Morgan fingerprint density at radius 2 is 2.12 bits per heavy atom. The van der Waals surface area contributed by atoms with Gasteiger partial charge in [-0.1, -0.05) is 6.07 Å². The Bertz CT molecular complexity index is 1310. The molecule has 1 aliphatic heterocycles. The number of nitrogen functional groups attached to an aromatic ring is 1. The number of anilines is 2. The number of amides is 1.